The van der Waals surface area contributed by atoms with Crippen LogP contribution in [0.4, 0.5) is 5.69 Å². The molecule has 0 bridgehead atoms. The summed E-state index contributed by atoms with van der Waals surface area (Å²) in [7, 11) is 1.45. The maximum atomic E-state index is 13.3. The van der Waals surface area contributed by atoms with Gasteiger partial charge in [0.25, 0.3) is 0 Å². The van der Waals surface area contributed by atoms with Crippen molar-refractivity contribution in [1.82, 2.24) is 0 Å². The molecular formula is C21H22N2O7. The van der Waals surface area contributed by atoms with Gasteiger partial charge in [0, 0.05) is 18.4 Å². The van der Waals surface area contributed by atoms with Crippen LogP contribution in [-0.2, 0) is 38.7 Å². The van der Waals surface area contributed by atoms with E-state index in [0.717, 1.165) is 0 Å². The van der Waals surface area contributed by atoms with E-state index in [1.807, 2.05) is 0 Å². The van der Waals surface area contributed by atoms with E-state index in [-0.39, 0.29) is 42.5 Å². The molecule has 30 heavy (non-hydrogen) atoms. The standard InChI is InChI=1S/C21H22N2O7/c1-4-9-28-18(24)15-12(2)30-20(26)21(15)13-7-5-6-8-14(13)23-17(22)16(21)19(25)29-11-10-27-3/h4-8,23H,1,9-11,22H2,2-3H3/t21-/m0/s1. The third-order valence-corrected chi connectivity index (χ3v) is 4.78. The van der Waals surface area contributed by atoms with Gasteiger partial charge in [0.05, 0.1) is 6.61 Å². The Bertz CT molecular complexity index is 979. The van der Waals surface area contributed by atoms with E-state index in [9.17, 15) is 14.4 Å². The maximum absolute atomic E-state index is 13.3. The van der Waals surface area contributed by atoms with Crippen LogP contribution in [-0.4, -0.2) is 44.8 Å². The Balaban J connectivity index is 2.24. The van der Waals surface area contributed by atoms with Crippen molar-refractivity contribution in [1.29, 1.82) is 0 Å². The van der Waals surface area contributed by atoms with Crippen LogP contribution in [0, 0.1) is 0 Å². The number of esters is 3. The molecule has 0 amide bonds. The first-order valence-corrected chi connectivity index (χ1v) is 9.14. The first-order valence-electron chi connectivity index (χ1n) is 9.14. The van der Waals surface area contributed by atoms with Crippen LogP contribution in [0.1, 0.15) is 12.5 Å². The fourth-order valence-electron chi connectivity index (χ4n) is 3.62. The number of carbonyl (C=O) groups is 3. The van der Waals surface area contributed by atoms with Gasteiger partial charge in [-0.3, -0.25) is 0 Å². The number of hydrogen-bond acceptors (Lipinski definition) is 9. The Labute approximate surface area is 173 Å². The summed E-state index contributed by atoms with van der Waals surface area (Å²) in [6.07, 6.45) is 1.39. The molecule has 158 valence electrons. The molecule has 1 atom stereocenters. The van der Waals surface area contributed by atoms with Gasteiger partial charge >= 0.3 is 17.9 Å². The summed E-state index contributed by atoms with van der Waals surface area (Å²) < 4.78 is 20.7. The minimum atomic E-state index is -1.93. The molecule has 1 spiro atoms. The minimum Gasteiger partial charge on any atom is -0.460 e. The Morgan fingerprint density at radius 1 is 1.20 bits per heavy atom. The zero-order chi connectivity index (χ0) is 21.9. The van der Waals surface area contributed by atoms with Crippen molar-refractivity contribution < 1.29 is 33.3 Å². The highest BCUT2D eigenvalue weighted by molar-refractivity contribution is 6.15. The molecule has 2 heterocycles. The topological polar surface area (TPSA) is 126 Å². The Hall–Kier alpha value is -3.59. The number of para-hydroxylation sites is 1. The summed E-state index contributed by atoms with van der Waals surface area (Å²) in [5.41, 5.74) is 4.62. The molecule has 9 heteroatoms. The molecule has 2 aliphatic heterocycles. The number of anilines is 1. The average molecular weight is 414 g/mol. The van der Waals surface area contributed by atoms with E-state index < -0.39 is 23.3 Å². The lowest BCUT2D eigenvalue weighted by Crippen LogP contribution is -2.48. The van der Waals surface area contributed by atoms with Crippen molar-refractivity contribution in [3.63, 3.8) is 0 Å². The van der Waals surface area contributed by atoms with Gasteiger partial charge in [-0.2, -0.15) is 0 Å². The number of rotatable bonds is 7. The monoisotopic (exact) mass is 414 g/mol. The predicted octanol–water partition coefficient (Wildman–Crippen LogP) is 1.27. The van der Waals surface area contributed by atoms with Crippen LogP contribution >= 0.6 is 0 Å². The predicted molar refractivity (Wildman–Crippen MR) is 106 cm³/mol. The highest BCUT2D eigenvalue weighted by atomic mass is 16.6. The van der Waals surface area contributed by atoms with Crippen LogP contribution in [0.15, 0.2) is 59.6 Å². The fourth-order valence-corrected chi connectivity index (χ4v) is 3.62. The van der Waals surface area contributed by atoms with Gasteiger partial charge in [0.1, 0.15) is 35.9 Å². The summed E-state index contributed by atoms with van der Waals surface area (Å²) in [4.78, 5) is 39.3. The Morgan fingerprint density at radius 3 is 2.60 bits per heavy atom. The molecule has 1 aromatic carbocycles. The second-order valence-corrected chi connectivity index (χ2v) is 6.55. The summed E-state index contributed by atoms with van der Waals surface area (Å²) in [6, 6.07) is 6.68. The molecular weight excluding hydrogens is 392 g/mol. The number of allylic oxidation sites excluding steroid dienone is 1. The summed E-state index contributed by atoms with van der Waals surface area (Å²) in [5.74, 6) is -2.67. The van der Waals surface area contributed by atoms with Crippen molar-refractivity contribution >= 4 is 23.6 Å². The zero-order valence-corrected chi connectivity index (χ0v) is 16.7. The molecule has 0 unspecified atom stereocenters. The minimum absolute atomic E-state index is 0.0146. The van der Waals surface area contributed by atoms with Gasteiger partial charge in [-0.1, -0.05) is 30.9 Å². The maximum Gasteiger partial charge on any atom is 0.339 e. The van der Waals surface area contributed by atoms with Crippen molar-refractivity contribution in [2.45, 2.75) is 12.3 Å². The molecule has 0 radical (unpaired) electrons. The molecule has 0 saturated carbocycles. The second kappa shape index (κ2) is 8.42. The van der Waals surface area contributed by atoms with Crippen LogP contribution < -0.4 is 11.1 Å². The quantitative estimate of drug-likeness (QED) is 0.293. The van der Waals surface area contributed by atoms with Crippen molar-refractivity contribution in [3.05, 3.63) is 65.2 Å². The number of carbonyl (C=O) groups excluding carboxylic acids is 3. The number of methoxy groups -OCH3 is 1. The second-order valence-electron chi connectivity index (χ2n) is 6.55. The molecule has 0 fully saturated rings. The van der Waals surface area contributed by atoms with E-state index in [0.29, 0.717) is 11.3 Å². The first-order chi connectivity index (χ1) is 14.4. The van der Waals surface area contributed by atoms with Crippen molar-refractivity contribution in [3.8, 4) is 0 Å². The third-order valence-electron chi connectivity index (χ3n) is 4.78. The van der Waals surface area contributed by atoms with E-state index in [4.69, 9.17) is 24.7 Å². The summed E-state index contributed by atoms with van der Waals surface area (Å²) >= 11 is 0. The number of nitrogens with one attached hydrogen (secondary N) is 1. The average Bonchev–Trinajstić information content (AvgIpc) is 2.96. The number of benzene rings is 1. The molecule has 3 rings (SSSR count). The molecule has 9 nitrogen and oxygen atoms in total. The van der Waals surface area contributed by atoms with Crippen molar-refractivity contribution in [2.75, 3.05) is 32.2 Å². The third kappa shape index (κ3) is 3.22. The lowest BCUT2D eigenvalue weighted by Gasteiger charge is -2.35. The number of cyclic esters (lactones) is 1. The van der Waals surface area contributed by atoms with E-state index in [1.165, 1.54) is 20.1 Å². The molecule has 0 aliphatic carbocycles. The number of nitrogens with two attached hydrogens (primary N) is 1. The van der Waals surface area contributed by atoms with E-state index >= 15 is 0 Å². The van der Waals surface area contributed by atoms with Crippen molar-refractivity contribution in [2.24, 2.45) is 5.73 Å². The highest BCUT2D eigenvalue weighted by Gasteiger charge is 2.62. The summed E-state index contributed by atoms with van der Waals surface area (Å²) in [6.45, 7) is 4.94. The number of ether oxygens (including phenoxy) is 4. The Kier molecular flexibility index (Phi) is 5.93. The lowest BCUT2D eigenvalue weighted by atomic mass is 9.67. The van der Waals surface area contributed by atoms with Crippen LogP contribution in [0.5, 0.6) is 0 Å². The van der Waals surface area contributed by atoms with Gasteiger partial charge in [-0.05, 0) is 13.0 Å². The first kappa shape index (κ1) is 21.1. The van der Waals surface area contributed by atoms with E-state index in [2.05, 4.69) is 11.9 Å². The van der Waals surface area contributed by atoms with Crippen LogP contribution in [0.25, 0.3) is 0 Å². The lowest BCUT2D eigenvalue weighted by molar-refractivity contribution is -0.147. The zero-order valence-electron chi connectivity index (χ0n) is 16.7. The normalized spacial score (nSPS) is 19.9. The Morgan fingerprint density at radius 2 is 1.90 bits per heavy atom. The number of fused-ring (bicyclic) bond motifs is 2. The molecule has 3 N–H and O–H groups in total. The van der Waals surface area contributed by atoms with Crippen LogP contribution in [0.2, 0.25) is 0 Å². The number of hydrogen-bond donors (Lipinski definition) is 2. The molecule has 0 saturated heterocycles. The summed E-state index contributed by atoms with van der Waals surface area (Å²) in [5, 5.41) is 2.90. The van der Waals surface area contributed by atoms with Gasteiger partial charge in [0.15, 0.2) is 5.41 Å². The van der Waals surface area contributed by atoms with Gasteiger partial charge < -0.3 is 30.0 Å². The van der Waals surface area contributed by atoms with Crippen LogP contribution in [0.3, 0.4) is 0 Å². The molecule has 0 aromatic heterocycles. The fraction of sp³-hybridized carbons (Fsp3) is 0.286. The van der Waals surface area contributed by atoms with Gasteiger partial charge in [-0.15, -0.1) is 0 Å². The van der Waals surface area contributed by atoms with Gasteiger partial charge in [0.2, 0.25) is 0 Å². The SMILES string of the molecule is C=CCOC(=O)C1=C(C)OC(=O)[C@]12C(C(=O)OCCOC)=C(N)Nc1ccccc12. The molecule has 1 aromatic rings. The largest absolute Gasteiger partial charge is 0.460 e. The smallest absolute Gasteiger partial charge is 0.339 e. The van der Waals surface area contributed by atoms with E-state index in [1.54, 1.807) is 24.3 Å². The van der Waals surface area contributed by atoms with Gasteiger partial charge in [-0.25, -0.2) is 14.4 Å². The highest BCUT2D eigenvalue weighted by Crippen LogP contribution is 2.52. The molecule has 2 aliphatic rings.